The van der Waals surface area contributed by atoms with Crippen molar-refractivity contribution in [2.24, 2.45) is 0 Å². The van der Waals surface area contributed by atoms with E-state index in [1.165, 1.54) is 148 Å². The van der Waals surface area contributed by atoms with Crippen LogP contribution in [0.1, 0.15) is 265 Å². The maximum absolute atomic E-state index is 13.2. The first-order valence-corrected chi connectivity index (χ1v) is 27.0. The van der Waals surface area contributed by atoms with Crippen molar-refractivity contribution in [2.45, 2.75) is 283 Å². The van der Waals surface area contributed by atoms with Crippen LogP contribution in [0.5, 0.6) is 0 Å². The maximum atomic E-state index is 13.2. The fourth-order valence-electron chi connectivity index (χ4n) is 7.96. The number of allylic oxidation sites excluding steroid dienone is 10. The third-order valence-corrected chi connectivity index (χ3v) is 12.1. The molecular weight excluding hydrogens is 779 g/mol. The van der Waals surface area contributed by atoms with Gasteiger partial charge in [-0.05, 0) is 83.5 Å². The fraction of sp³-hybridized carbons (Fsp3) is 0.789. The zero-order chi connectivity index (χ0) is 45.9. The first-order valence-electron chi connectivity index (χ1n) is 27.0. The quantitative estimate of drug-likeness (QED) is 0.0321. The molecule has 0 aliphatic rings. The van der Waals surface area contributed by atoms with E-state index in [0.29, 0.717) is 19.3 Å². The van der Waals surface area contributed by atoms with Crippen molar-refractivity contribution in [2.75, 3.05) is 6.61 Å². The van der Waals surface area contributed by atoms with Gasteiger partial charge < -0.3 is 20.3 Å². The summed E-state index contributed by atoms with van der Waals surface area (Å²) >= 11 is 0. The molecule has 3 unspecified atom stereocenters. The minimum Gasteiger partial charge on any atom is -0.462 e. The molecule has 1 amide bonds. The van der Waals surface area contributed by atoms with E-state index in [1.807, 2.05) is 6.08 Å². The van der Waals surface area contributed by atoms with Crippen LogP contribution >= 0.6 is 0 Å². The molecule has 3 N–H and O–H groups in total. The number of rotatable bonds is 48. The van der Waals surface area contributed by atoms with Gasteiger partial charge in [0, 0.05) is 6.42 Å². The lowest BCUT2D eigenvalue weighted by Crippen LogP contribution is -2.46. The van der Waals surface area contributed by atoms with Gasteiger partial charge in [-0.25, -0.2) is 0 Å². The Hall–Kier alpha value is -2.44. The summed E-state index contributed by atoms with van der Waals surface area (Å²) in [7, 11) is 0. The van der Waals surface area contributed by atoms with Crippen LogP contribution in [0.3, 0.4) is 0 Å². The molecule has 0 aromatic heterocycles. The number of carbonyl (C=O) groups is 2. The second kappa shape index (κ2) is 50.6. The number of hydrogen-bond acceptors (Lipinski definition) is 5. The Morgan fingerprint density at radius 3 is 1.27 bits per heavy atom. The van der Waals surface area contributed by atoms with Gasteiger partial charge in [0.15, 0.2) is 0 Å². The van der Waals surface area contributed by atoms with Gasteiger partial charge in [-0.2, -0.15) is 0 Å². The van der Waals surface area contributed by atoms with Crippen LogP contribution in [0.4, 0.5) is 0 Å². The van der Waals surface area contributed by atoms with Crippen LogP contribution in [-0.2, 0) is 14.3 Å². The monoisotopic (exact) mass is 882 g/mol. The number of amides is 1. The predicted octanol–water partition coefficient (Wildman–Crippen LogP) is 16.4. The third-order valence-electron chi connectivity index (χ3n) is 12.1. The van der Waals surface area contributed by atoms with E-state index in [2.05, 4.69) is 80.8 Å². The molecule has 0 heterocycles. The highest BCUT2D eigenvalue weighted by molar-refractivity contribution is 5.77. The molecule has 0 rings (SSSR count). The van der Waals surface area contributed by atoms with Crippen molar-refractivity contribution < 1.29 is 24.5 Å². The van der Waals surface area contributed by atoms with Crippen molar-refractivity contribution in [1.82, 2.24) is 5.32 Å². The van der Waals surface area contributed by atoms with Gasteiger partial charge in [-0.3, -0.25) is 9.59 Å². The largest absolute Gasteiger partial charge is 0.462 e. The van der Waals surface area contributed by atoms with Crippen LogP contribution in [0, 0.1) is 0 Å². The number of carbonyl (C=O) groups excluding carboxylic acids is 2. The predicted molar refractivity (Wildman–Crippen MR) is 273 cm³/mol. The summed E-state index contributed by atoms with van der Waals surface area (Å²) in [5.41, 5.74) is 0. The van der Waals surface area contributed by atoms with E-state index in [4.69, 9.17) is 4.74 Å². The molecule has 6 heteroatoms. The van der Waals surface area contributed by atoms with E-state index < -0.39 is 18.2 Å². The first kappa shape index (κ1) is 60.6. The normalized spacial score (nSPS) is 13.7. The zero-order valence-corrected chi connectivity index (χ0v) is 41.7. The average molecular weight is 882 g/mol. The molecule has 0 aromatic carbocycles. The van der Waals surface area contributed by atoms with Gasteiger partial charge in [-0.1, -0.05) is 229 Å². The number of esters is 1. The SMILES string of the molecule is CCCCC/C=C\C/C=C\C/C=C\CCCCC(CC(=O)NC(CO)C(O)CCCCCCCCCCCCCCCCCC)OC(=O)CC/C=C/C/C=C\CCCCCCCC. The number of ether oxygens (including phenoxy) is 1. The summed E-state index contributed by atoms with van der Waals surface area (Å²) in [6.45, 7) is 6.43. The molecule has 0 aliphatic heterocycles. The van der Waals surface area contributed by atoms with Crippen molar-refractivity contribution in [1.29, 1.82) is 0 Å². The van der Waals surface area contributed by atoms with E-state index in [9.17, 15) is 19.8 Å². The van der Waals surface area contributed by atoms with Gasteiger partial charge in [0.2, 0.25) is 5.91 Å². The van der Waals surface area contributed by atoms with Crippen LogP contribution in [-0.4, -0.2) is 46.9 Å². The maximum Gasteiger partial charge on any atom is 0.306 e. The molecular formula is C57H103NO5. The zero-order valence-electron chi connectivity index (χ0n) is 41.7. The molecule has 63 heavy (non-hydrogen) atoms. The van der Waals surface area contributed by atoms with Crippen molar-refractivity contribution in [3.63, 3.8) is 0 Å². The van der Waals surface area contributed by atoms with Gasteiger partial charge in [0.1, 0.15) is 6.10 Å². The van der Waals surface area contributed by atoms with E-state index >= 15 is 0 Å². The molecule has 366 valence electrons. The topological polar surface area (TPSA) is 95.9 Å². The van der Waals surface area contributed by atoms with E-state index in [0.717, 1.165) is 64.2 Å². The number of nitrogens with one attached hydrogen (secondary N) is 1. The Morgan fingerprint density at radius 2 is 0.810 bits per heavy atom. The lowest BCUT2D eigenvalue weighted by Gasteiger charge is -2.24. The van der Waals surface area contributed by atoms with Crippen LogP contribution in [0.25, 0.3) is 0 Å². The summed E-state index contributed by atoms with van der Waals surface area (Å²) in [5.74, 6) is -0.589. The lowest BCUT2D eigenvalue weighted by atomic mass is 10.0. The number of unbranched alkanes of at least 4 members (excludes halogenated alkanes) is 26. The second-order valence-electron chi connectivity index (χ2n) is 18.3. The number of hydrogen-bond donors (Lipinski definition) is 3. The van der Waals surface area contributed by atoms with Crippen molar-refractivity contribution >= 4 is 11.9 Å². The summed E-state index contributed by atoms with van der Waals surface area (Å²) in [4.78, 5) is 26.1. The summed E-state index contributed by atoms with van der Waals surface area (Å²) < 4.78 is 5.88. The fourth-order valence-corrected chi connectivity index (χ4v) is 7.96. The molecule has 0 aliphatic carbocycles. The third kappa shape index (κ3) is 45.9. The molecule has 0 radical (unpaired) electrons. The number of aliphatic hydroxyl groups excluding tert-OH is 2. The Morgan fingerprint density at radius 1 is 0.460 bits per heavy atom. The Balaban J connectivity index is 4.66. The Labute approximate surface area is 390 Å². The van der Waals surface area contributed by atoms with Crippen molar-refractivity contribution in [3.8, 4) is 0 Å². The highest BCUT2D eigenvalue weighted by Gasteiger charge is 2.24. The summed E-state index contributed by atoms with van der Waals surface area (Å²) in [5, 5.41) is 23.8. The van der Waals surface area contributed by atoms with Crippen LogP contribution < -0.4 is 5.32 Å². The molecule has 0 spiro atoms. The summed E-state index contributed by atoms with van der Waals surface area (Å²) in [6, 6.07) is -0.726. The molecule has 0 bridgehead atoms. The van der Waals surface area contributed by atoms with Gasteiger partial charge in [0.05, 0.1) is 25.2 Å². The summed E-state index contributed by atoms with van der Waals surface area (Å²) in [6.07, 6.45) is 62.9. The smallest absolute Gasteiger partial charge is 0.306 e. The molecule has 6 nitrogen and oxygen atoms in total. The van der Waals surface area contributed by atoms with Crippen LogP contribution in [0.15, 0.2) is 60.8 Å². The van der Waals surface area contributed by atoms with Gasteiger partial charge >= 0.3 is 5.97 Å². The molecule has 3 atom stereocenters. The molecule has 0 fully saturated rings. The molecule has 0 saturated carbocycles. The standard InChI is InChI=1S/C57H103NO5/c1-4-7-10-13-16-19-22-25-27-29-32-34-37-40-43-46-49-55(60)54(52-59)58-56(61)51-53(48-45-42-39-36-33-31-28-26-23-20-17-14-11-8-5-2)63-57(62)50-47-44-41-38-35-30-24-21-18-15-12-9-6-3/h17,20,26,28,30,33,35-36,41,44,53-55,59-60H,4-16,18-19,21-25,27,29,31-32,34,37-40,42-43,45-52H2,1-3H3,(H,58,61)/b20-17-,28-26-,35-30-,36-33-,44-41+. The lowest BCUT2D eigenvalue weighted by molar-refractivity contribution is -0.150. The van der Waals surface area contributed by atoms with Crippen LogP contribution in [0.2, 0.25) is 0 Å². The first-order chi connectivity index (χ1) is 31.0. The Bertz CT molecular complexity index is 1130. The highest BCUT2D eigenvalue weighted by atomic mass is 16.5. The van der Waals surface area contributed by atoms with E-state index in [1.54, 1.807) is 0 Å². The second-order valence-corrected chi connectivity index (χ2v) is 18.3. The van der Waals surface area contributed by atoms with Crippen molar-refractivity contribution in [3.05, 3.63) is 60.8 Å². The molecule has 0 saturated heterocycles. The highest BCUT2D eigenvalue weighted by Crippen LogP contribution is 2.17. The minimum absolute atomic E-state index is 0.0287. The van der Waals surface area contributed by atoms with Gasteiger partial charge in [-0.15, -0.1) is 0 Å². The molecule has 0 aromatic rings. The van der Waals surface area contributed by atoms with E-state index in [-0.39, 0.29) is 31.3 Å². The number of aliphatic hydroxyl groups is 2. The average Bonchev–Trinajstić information content (AvgIpc) is 3.28. The van der Waals surface area contributed by atoms with Gasteiger partial charge in [0.25, 0.3) is 0 Å². The Kier molecular flexibility index (Phi) is 48.6. The minimum atomic E-state index is -0.808.